The number of esters is 1. The molecular formula is C18H24N2O6. The van der Waals surface area contributed by atoms with Crippen molar-refractivity contribution >= 4 is 12.0 Å². The molecule has 0 bridgehead atoms. The summed E-state index contributed by atoms with van der Waals surface area (Å²) in [6.45, 7) is 4.13. The van der Waals surface area contributed by atoms with Gasteiger partial charge in [0, 0.05) is 5.70 Å². The van der Waals surface area contributed by atoms with Gasteiger partial charge in [-0.25, -0.2) is 9.59 Å². The van der Waals surface area contributed by atoms with Gasteiger partial charge in [0.1, 0.15) is 0 Å². The van der Waals surface area contributed by atoms with Gasteiger partial charge < -0.3 is 29.6 Å². The van der Waals surface area contributed by atoms with Crippen molar-refractivity contribution in [3.63, 3.8) is 0 Å². The van der Waals surface area contributed by atoms with E-state index in [1.165, 1.54) is 21.3 Å². The molecule has 1 aromatic carbocycles. The number of urea groups is 1. The highest BCUT2D eigenvalue weighted by Crippen LogP contribution is 2.42. The van der Waals surface area contributed by atoms with E-state index in [1.807, 2.05) is 13.8 Å². The van der Waals surface area contributed by atoms with Crippen LogP contribution in [0, 0.1) is 0 Å². The van der Waals surface area contributed by atoms with Crippen LogP contribution in [-0.2, 0) is 9.53 Å². The normalized spacial score (nSPS) is 16.5. The third kappa shape index (κ3) is 3.68. The lowest BCUT2D eigenvalue weighted by Crippen LogP contribution is -2.45. The van der Waals surface area contributed by atoms with Gasteiger partial charge in [0.2, 0.25) is 5.75 Å². The first kappa shape index (κ1) is 19.4. The minimum Gasteiger partial charge on any atom is -0.493 e. The maximum absolute atomic E-state index is 12.3. The van der Waals surface area contributed by atoms with E-state index in [0.29, 0.717) is 47.1 Å². The molecule has 0 fully saturated rings. The van der Waals surface area contributed by atoms with Crippen molar-refractivity contribution in [2.45, 2.75) is 26.3 Å². The predicted octanol–water partition coefficient (Wildman–Crippen LogP) is 2.29. The second-order valence-corrected chi connectivity index (χ2v) is 5.46. The summed E-state index contributed by atoms with van der Waals surface area (Å²) in [4.78, 5) is 24.4. The third-order valence-electron chi connectivity index (χ3n) is 4.02. The lowest BCUT2D eigenvalue weighted by Gasteiger charge is -2.29. The number of benzene rings is 1. The van der Waals surface area contributed by atoms with Crippen molar-refractivity contribution in [2.75, 3.05) is 27.9 Å². The molecule has 0 aromatic heterocycles. The highest BCUT2D eigenvalue weighted by Gasteiger charge is 2.34. The van der Waals surface area contributed by atoms with Crippen LogP contribution in [0.5, 0.6) is 17.2 Å². The zero-order chi connectivity index (χ0) is 19.3. The molecule has 2 amide bonds. The maximum atomic E-state index is 12.3. The molecule has 1 atom stereocenters. The van der Waals surface area contributed by atoms with Gasteiger partial charge in [0.15, 0.2) is 11.5 Å². The molecule has 0 saturated heterocycles. The van der Waals surface area contributed by atoms with Crippen molar-refractivity contribution < 1.29 is 28.5 Å². The number of methoxy groups -OCH3 is 3. The van der Waals surface area contributed by atoms with Crippen molar-refractivity contribution in [3.05, 3.63) is 29.0 Å². The Morgan fingerprint density at radius 3 is 2.19 bits per heavy atom. The number of hydrogen-bond donors (Lipinski definition) is 2. The fraction of sp³-hybridized carbons (Fsp3) is 0.444. The van der Waals surface area contributed by atoms with Gasteiger partial charge >= 0.3 is 12.0 Å². The molecule has 0 saturated carbocycles. The number of rotatable bonds is 7. The molecule has 0 spiro atoms. The third-order valence-corrected chi connectivity index (χ3v) is 4.02. The molecule has 8 heteroatoms. The number of hydrogen-bond acceptors (Lipinski definition) is 6. The molecule has 142 valence electrons. The number of amides is 2. The van der Waals surface area contributed by atoms with Crippen LogP contribution < -0.4 is 24.8 Å². The summed E-state index contributed by atoms with van der Waals surface area (Å²) in [5, 5.41) is 5.42. The van der Waals surface area contributed by atoms with E-state index in [2.05, 4.69) is 10.6 Å². The predicted molar refractivity (Wildman–Crippen MR) is 94.5 cm³/mol. The van der Waals surface area contributed by atoms with Crippen molar-refractivity contribution in [2.24, 2.45) is 0 Å². The zero-order valence-corrected chi connectivity index (χ0v) is 15.6. The molecular weight excluding hydrogens is 340 g/mol. The quantitative estimate of drug-likeness (QED) is 0.721. The van der Waals surface area contributed by atoms with Gasteiger partial charge in [-0.1, -0.05) is 6.92 Å². The monoisotopic (exact) mass is 364 g/mol. The molecule has 0 aliphatic carbocycles. The largest absolute Gasteiger partial charge is 0.493 e. The SMILES string of the molecule is CCOc1c(OC)cc(C2NC(=O)NC(CC)=C2C(=O)OC)cc1OC. The van der Waals surface area contributed by atoms with Crippen LogP contribution in [-0.4, -0.2) is 39.9 Å². The first-order valence-electron chi connectivity index (χ1n) is 8.28. The second kappa shape index (κ2) is 8.46. The van der Waals surface area contributed by atoms with Crippen LogP contribution >= 0.6 is 0 Å². The van der Waals surface area contributed by atoms with Crippen molar-refractivity contribution in [1.29, 1.82) is 0 Å². The van der Waals surface area contributed by atoms with Crippen molar-refractivity contribution in [1.82, 2.24) is 10.6 Å². The number of carbonyl (C=O) groups is 2. The Morgan fingerprint density at radius 1 is 1.12 bits per heavy atom. The van der Waals surface area contributed by atoms with E-state index < -0.39 is 18.0 Å². The Kier molecular flexibility index (Phi) is 6.32. The van der Waals surface area contributed by atoms with Crippen molar-refractivity contribution in [3.8, 4) is 17.2 Å². The Morgan fingerprint density at radius 2 is 1.73 bits per heavy atom. The minimum absolute atomic E-state index is 0.336. The van der Waals surface area contributed by atoms with Gasteiger partial charge in [0.05, 0.1) is 39.6 Å². The molecule has 1 aliphatic heterocycles. The van der Waals surface area contributed by atoms with Gasteiger partial charge in [-0.3, -0.25) is 0 Å². The average Bonchev–Trinajstić information content (AvgIpc) is 2.66. The Balaban J connectivity index is 2.63. The minimum atomic E-state index is -0.704. The summed E-state index contributed by atoms with van der Waals surface area (Å²) in [5.41, 5.74) is 1.46. The molecule has 0 radical (unpaired) electrons. The first-order chi connectivity index (χ1) is 12.5. The smallest absolute Gasteiger partial charge is 0.337 e. The van der Waals surface area contributed by atoms with Crippen LogP contribution in [0.25, 0.3) is 0 Å². The highest BCUT2D eigenvalue weighted by atomic mass is 16.5. The first-order valence-corrected chi connectivity index (χ1v) is 8.28. The standard InChI is InChI=1S/C18H24N2O6/c1-6-11-14(17(21)25-5)15(20-18(22)19-11)10-8-12(23-3)16(26-7-2)13(9-10)24-4/h8-9,15H,6-7H2,1-5H3,(H2,19,20,22). The zero-order valence-electron chi connectivity index (χ0n) is 15.6. The Hall–Kier alpha value is -2.90. The number of carbonyl (C=O) groups excluding carboxylic acids is 2. The molecule has 2 rings (SSSR count). The van der Waals surface area contributed by atoms with Gasteiger partial charge in [-0.05, 0) is 31.0 Å². The van der Waals surface area contributed by atoms with E-state index in [4.69, 9.17) is 18.9 Å². The van der Waals surface area contributed by atoms with Crippen LogP contribution in [0.15, 0.2) is 23.4 Å². The van der Waals surface area contributed by atoms with Gasteiger partial charge in [-0.15, -0.1) is 0 Å². The summed E-state index contributed by atoms with van der Waals surface area (Å²) in [7, 11) is 4.32. The highest BCUT2D eigenvalue weighted by molar-refractivity contribution is 5.95. The molecule has 1 aliphatic rings. The summed E-state index contributed by atoms with van der Waals surface area (Å²) in [6, 6.07) is 2.32. The molecule has 1 aromatic rings. The molecule has 1 unspecified atom stereocenters. The lowest BCUT2D eigenvalue weighted by atomic mass is 9.94. The van der Waals surface area contributed by atoms with Gasteiger partial charge in [0.25, 0.3) is 0 Å². The Labute approximate surface area is 152 Å². The van der Waals surface area contributed by atoms with Crippen LogP contribution in [0.1, 0.15) is 31.9 Å². The number of nitrogens with one attached hydrogen (secondary N) is 2. The van der Waals surface area contributed by atoms with Crippen LogP contribution in [0.3, 0.4) is 0 Å². The van der Waals surface area contributed by atoms with Crippen LogP contribution in [0.4, 0.5) is 4.79 Å². The lowest BCUT2D eigenvalue weighted by molar-refractivity contribution is -0.136. The van der Waals surface area contributed by atoms with E-state index in [-0.39, 0.29) is 0 Å². The molecule has 8 nitrogen and oxygen atoms in total. The fourth-order valence-corrected chi connectivity index (χ4v) is 2.85. The number of ether oxygens (including phenoxy) is 4. The molecule has 2 N–H and O–H groups in total. The number of allylic oxidation sites excluding steroid dienone is 1. The summed E-state index contributed by atoms with van der Waals surface area (Å²) in [5.74, 6) is 0.819. The molecule has 26 heavy (non-hydrogen) atoms. The van der Waals surface area contributed by atoms with E-state index >= 15 is 0 Å². The van der Waals surface area contributed by atoms with Gasteiger partial charge in [-0.2, -0.15) is 0 Å². The Bertz CT molecular complexity index is 703. The summed E-state index contributed by atoms with van der Waals surface area (Å²) < 4.78 is 21.3. The van der Waals surface area contributed by atoms with E-state index in [0.717, 1.165) is 0 Å². The van der Waals surface area contributed by atoms with E-state index in [9.17, 15) is 9.59 Å². The topological polar surface area (TPSA) is 95.1 Å². The van der Waals surface area contributed by atoms with Crippen LogP contribution in [0.2, 0.25) is 0 Å². The summed E-state index contributed by atoms with van der Waals surface area (Å²) in [6.07, 6.45) is 0.472. The molecule has 1 heterocycles. The average molecular weight is 364 g/mol. The second-order valence-electron chi connectivity index (χ2n) is 5.46. The fourth-order valence-electron chi connectivity index (χ4n) is 2.85. The summed E-state index contributed by atoms with van der Waals surface area (Å²) >= 11 is 0. The maximum Gasteiger partial charge on any atom is 0.337 e. The van der Waals surface area contributed by atoms with E-state index in [1.54, 1.807) is 12.1 Å².